The molecule has 9 heteroatoms. The molecule has 0 saturated carbocycles. The molecule has 2 aromatic heterocycles. The lowest BCUT2D eigenvalue weighted by Gasteiger charge is -2.35. The van der Waals surface area contributed by atoms with Crippen LogP contribution in [0.25, 0.3) is 5.65 Å². The maximum atomic E-state index is 12.7. The van der Waals surface area contributed by atoms with Crippen LogP contribution in [0.1, 0.15) is 22.9 Å². The van der Waals surface area contributed by atoms with Crippen molar-refractivity contribution in [3.8, 4) is 0 Å². The van der Waals surface area contributed by atoms with Crippen LogP contribution in [0.5, 0.6) is 0 Å². The largest absolute Gasteiger partial charge is 0.379 e. The quantitative estimate of drug-likeness (QED) is 0.622. The third-order valence-corrected chi connectivity index (χ3v) is 5.67. The summed E-state index contributed by atoms with van der Waals surface area (Å²) in [5.74, 6) is -0.212. The van der Waals surface area contributed by atoms with Crippen molar-refractivity contribution in [2.45, 2.75) is 19.4 Å². The van der Waals surface area contributed by atoms with E-state index in [2.05, 4.69) is 20.3 Å². The minimum Gasteiger partial charge on any atom is -0.379 e. The van der Waals surface area contributed by atoms with Crippen LogP contribution in [0.2, 0.25) is 5.02 Å². The van der Waals surface area contributed by atoms with Gasteiger partial charge in [0, 0.05) is 48.2 Å². The lowest BCUT2D eigenvalue weighted by molar-refractivity contribution is -0.120. The summed E-state index contributed by atoms with van der Waals surface area (Å²) in [5.41, 5.74) is 2.32. The van der Waals surface area contributed by atoms with E-state index in [4.69, 9.17) is 16.3 Å². The van der Waals surface area contributed by atoms with Gasteiger partial charge >= 0.3 is 0 Å². The molecule has 0 radical (unpaired) electrons. The van der Waals surface area contributed by atoms with Gasteiger partial charge in [-0.2, -0.15) is 0 Å². The second-order valence-corrected chi connectivity index (χ2v) is 7.77. The number of amides is 1. The van der Waals surface area contributed by atoms with Gasteiger partial charge in [-0.25, -0.2) is 9.50 Å². The minimum absolute atomic E-state index is 0.00122. The Morgan fingerprint density at radius 2 is 2.00 bits per heavy atom. The van der Waals surface area contributed by atoms with Crippen molar-refractivity contribution in [3.63, 3.8) is 0 Å². The highest BCUT2D eigenvalue weighted by molar-refractivity contribution is 6.30. The lowest BCUT2D eigenvalue weighted by atomic mass is 10.0. The van der Waals surface area contributed by atoms with Crippen LogP contribution in [0.3, 0.4) is 0 Å². The van der Waals surface area contributed by atoms with Gasteiger partial charge in [0.15, 0.2) is 5.65 Å². The summed E-state index contributed by atoms with van der Waals surface area (Å²) in [7, 11) is 0. The van der Waals surface area contributed by atoms with Crippen molar-refractivity contribution in [2.75, 3.05) is 32.8 Å². The maximum Gasteiger partial charge on any atom is 0.276 e. The van der Waals surface area contributed by atoms with E-state index in [1.807, 2.05) is 24.3 Å². The third kappa shape index (κ3) is 4.40. The van der Waals surface area contributed by atoms with Gasteiger partial charge in [-0.3, -0.25) is 19.6 Å². The van der Waals surface area contributed by atoms with Crippen LogP contribution in [0.15, 0.2) is 41.3 Å². The summed E-state index contributed by atoms with van der Waals surface area (Å²) in [6.45, 7) is 5.08. The average molecular weight is 430 g/mol. The topological polar surface area (TPSA) is 91.7 Å². The summed E-state index contributed by atoms with van der Waals surface area (Å²) in [4.78, 5) is 32.0. The molecule has 1 aromatic carbocycles. The predicted octanol–water partition coefficient (Wildman–Crippen LogP) is 1.72. The van der Waals surface area contributed by atoms with Gasteiger partial charge in [-0.05, 0) is 24.6 Å². The Labute approximate surface area is 178 Å². The zero-order chi connectivity index (χ0) is 21.1. The molecular weight excluding hydrogens is 406 g/mol. The zero-order valence-corrected chi connectivity index (χ0v) is 17.5. The van der Waals surface area contributed by atoms with E-state index in [-0.39, 0.29) is 23.9 Å². The van der Waals surface area contributed by atoms with E-state index < -0.39 is 0 Å². The van der Waals surface area contributed by atoms with E-state index in [1.165, 1.54) is 4.52 Å². The number of carbonyl (C=O) groups excluding carboxylic acids is 1. The highest BCUT2D eigenvalue weighted by Gasteiger charge is 2.24. The molecule has 4 rings (SSSR count). The number of hydrogen-bond acceptors (Lipinski definition) is 5. The van der Waals surface area contributed by atoms with Crippen LogP contribution in [0, 0.1) is 6.92 Å². The number of halogens is 1. The molecular formula is C21H24ClN5O3. The number of fused-ring (bicyclic) bond motifs is 1. The van der Waals surface area contributed by atoms with Crippen molar-refractivity contribution in [1.82, 2.24) is 24.8 Å². The molecule has 1 amide bonds. The molecule has 1 unspecified atom stereocenters. The third-order valence-electron chi connectivity index (χ3n) is 5.42. The van der Waals surface area contributed by atoms with E-state index in [1.54, 1.807) is 19.2 Å². The molecule has 1 aliphatic heterocycles. The van der Waals surface area contributed by atoms with E-state index >= 15 is 0 Å². The first-order valence-corrected chi connectivity index (χ1v) is 10.3. The van der Waals surface area contributed by atoms with Crippen molar-refractivity contribution >= 4 is 23.2 Å². The smallest absolute Gasteiger partial charge is 0.276 e. The SMILES string of the molecule is Cc1nc2cc[nH]n2c(=O)c1CC(=O)NCC(c1ccc(Cl)cc1)N1CCOCC1. The molecule has 1 atom stereocenters. The fourth-order valence-corrected chi connectivity index (χ4v) is 3.90. The van der Waals surface area contributed by atoms with Gasteiger partial charge in [-0.1, -0.05) is 23.7 Å². The predicted molar refractivity (Wildman–Crippen MR) is 114 cm³/mol. The first kappa shape index (κ1) is 20.6. The van der Waals surface area contributed by atoms with E-state index in [0.29, 0.717) is 41.7 Å². The Hall–Kier alpha value is -2.68. The number of nitrogens with zero attached hydrogens (tertiary/aromatic N) is 3. The lowest BCUT2D eigenvalue weighted by Crippen LogP contribution is -2.44. The molecule has 0 spiro atoms. The Morgan fingerprint density at radius 1 is 1.27 bits per heavy atom. The molecule has 0 bridgehead atoms. The average Bonchev–Trinajstić information content (AvgIpc) is 3.22. The van der Waals surface area contributed by atoms with Crippen LogP contribution < -0.4 is 10.9 Å². The molecule has 3 heterocycles. The number of nitrogens with one attached hydrogen (secondary N) is 2. The number of benzene rings is 1. The van der Waals surface area contributed by atoms with Gasteiger partial charge in [0.1, 0.15) is 0 Å². The Kier molecular flexibility index (Phi) is 6.17. The second kappa shape index (κ2) is 8.99. The second-order valence-electron chi connectivity index (χ2n) is 7.33. The van der Waals surface area contributed by atoms with Gasteiger partial charge < -0.3 is 10.1 Å². The Bertz CT molecular complexity index is 1090. The first-order chi connectivity index (χ1) is 14.5. The van der Waals surface area contributed by atoms with Crippen LogP contribution in [0.4, 0.5) is 0 Å². The zero-order valence-electron chi connectivity index (χ0n) is 16.7. The summed E-state index contributed by atoms with van der Waals surface area (Å²) in [5, 5.41) is 6.50. The van der Waals surface area contributed by atoms with Crippen LogP contribution in [-0.4, -0.2) is 58.3 Å². The number of rotatable bonds is 6. The number of ether oxygens (including phenoxy) is 1. The van der Waals surface area contributed by atoms with E-state index in [9.17, 15) is 9.59 Å². The summed E-state index contributed by atoms with van der Waals surface area (Å²) in [6, 6.07) is 9.39. The number of aryl methyl sites for hydroxylation is 1. The van der Waals surface area contributed by atoms with Crippen molar-refractivity contribution in [1.29, 1.82) is 0 Å². The van der Waals surface area contributed by atoms with Gasteiger partial charge in [-0.15, -0.1) is 0 Å². The fraction of sp³-hybridized carbons (Fsp3) is 0.381. The highest BCUT2D eigenvalue weighted by Crippen LogP contribution is 2.23. The van der Waals surface area contributed by atoms with Crippen LogP contribution in [-0.2, 0) is 16.0 Å². The molecule has 1 saturated heterocycles. The summed E-state index contributed by atoms with van der Waals surface area (Å²) < 4.78 is 6.81. The van der Waals surface area contributed by atoms with Crippen molar-refractivity contribution in [2.24, 2.45) is 0 Å². The number of aromatic amines is 1. The molecule has 158 valence electrons. The molecule has 1 aliphatic rings. The highest BCUT2D eigenvalue weighted by atomic mass is 35.5. The van der Waals surface area contributed by atoms with Gasteiger partial charge in [0.2, 0.25) is 5.91 Å². The molecule has 8 nitrogen and oxygen atoms in total. The summed E-state index contributed by atoms with van der Waals surface area (Å²) >= 11 is 6.04. The fourth-order valence-electron chi connectivity index (χ4n) is 3.77. The maximum absolute atomic E-state index is 12.7. The standard InChI is InChI=1S/C21H24ClN5O3/c1-14-17(21(29)27-19(25-14)6-7-24-27)12-20(28)23-13-18(26-8-10-30-11-9-26)15-2-4-16(22)5-3-15/h2-7,18,24H,8-13H2,1H3,(H,23,28). The molecule has 30 heavy (non-hydrogen) atoms. The Morgan fingerprint density at radius 3 is 2.73 bits per heavy atom. The normalized spacial score (nSPS) is 15.9. The molecule has 0 aliphatic carbocycles. The van der Waals surface area contributed by atoms with E-state index in [0.717, 1.165) is 18.7 Å². The molecule has 1 fully saturated rings. The van der Waals surface area contributed by atoms with Crippen molar-refractivity contribution in [3.05, 3.63) is 68.7 Å². The Balaban J connectivity index is 1.48. The van der Waals surface area contributed by atoms with Crippen molar-refractivity contribution < 1.29 is 9.53 Å². The molecule has 2 N–H and O–H groups in total. The monoisotopic (exact) mass is 429 g/mol. The number of carbonyl (C=O) groups is 1. The molecule has 3 aromatic rings. The van der Waals surface area contributed by atoms with Crippen LogP contribution >= 0.6 is 11.6 Å². The van der Waals surface area contributed by atoms with Gasteiger partial charge in [0.05, 0.1) is 25.7 Å². The van der Waals surface area contributed by atoms with Gasteiger partial charge in [0.25, 0.3) is 5.56 Å². The number of H-pyrrole nitrogens is 1. The number of hydrogen-bond donors (Lipinski definition) is 2. The summed E-state index contributed by atoms with van der Waals surface area (Å²) in [6.07, 6.45) is 1.63. The minimum atomic E-state index is -0.250. The first-order valence-electron chi connectivity index (χ1n) is 9.92. The number of morpholine rings is 1. The number of aromatic nitrogens is 3.